The molecule has 2 aromatic rings. The number of amides is 2. The van der Waals surface area contributed by atoms with Gasteiger partial charge in [0.1, 0.15) is 24.1 Å². The molecule has 0 aliphatic carbocycles. The molecule has 1 unspecified atom stereocenters. The molecule has 0 aliphatic heterocycles. The SMILES string of the molecule is C=CCOc1ccccc1C=NNC(=O)C(NC(=O)c1ccc(OC)cc1)C(C)C. The van der Waals surface area contributed by atoms with Crippen molar-refractivity contribution >= 4 is 18.0 Å². The largest absolute Gasteiger partial charge is 0.497 e. The Balaban J connectivity index is 2.02. The zero-order chi connectivity index (χ0) is 21.9. The molecule has 0 bridgehead atoms. The normalized spacial score (nSPS) is 11.7. The van der Waals surface area contributed by atoms with Crippen molar-refractivity contribution in [1.82, 2.24) is 10.7 Å². The van der Waals surface area contributed by atoms with Crippen LogP contribution in [0.4, 0.5) is 0 Å². The lowest BCUT2D eigenvalue weighted by molar-refractivity contribution is -0.123. The minimum atomic E-state index is -0.746. The van der Waals surface area contributed by atoms with E-state index >= 15 is 0 Å². The van der Waals surface area contributed by atoms with Crippen LogP contribution in [0.3, 0.4) is 0 Å². The van der Waals surface area contributed by atoms with Crippen LogP contribution in [0.2, 0.25) is 0 Å². The highest BCUT2D eigenvalue weighted by Gasteiger charge is 2.24. The number of hydrazone groups is 1. The van der Waals surface area contributed by atoms with Gasteiger partial charge < -0.3 is 14.8 Å². The van der Waals surface area contributed by atoms with E-state index in [2.05, 4.69) is 22.4 Å². The maximum Gasteiger partial charge on any atom is 0.262 e. The Morgan fingerprint density at radius 1 is 1.13 bits per heavy atom. The van der Waals surface area contributed by atoms with Gasteiger partial charge in [0.25, 0.3) is 11.8 Å². The second-order valence-corrected chi connectivity index (χ2v) is 6.80. The van der Waals surface area contributed by atoms with E-state index in [0.29, 0.717) is 29.2 Å². The molecule has 2 rings (SSSR count). The molecular weight excluding hydrogens is 382 g/mol. The van der Waals surface area contributed by atoms with Crippen molar-refractivity contribution in [3.05, 3.63) is 72.3 Å². The van der Waals surface area contributed by atoms with E-state index in [9.17, 15) is 9.59 Å². The number of ether oxygens (including phenoxy) is 2. The number of nitrogens with zero attached hydrogens (tertiary/aromatic N) is 1. The molecule has 0 saturated carbocycles. The second-order valence-electron chi connectivity index (χ2n) is 6.80. The van der Waals surface area contributed by atoms with Gasteiger partial charge in [-0.2, -0.15) is 5.10 Å². The van der Waals surface area contributed by atoms with Crippen molar-refractivity contribution in [2.75, 3.05) is 13.7 Å². The monoisotopic (exact) mass is 409 g/mol. The number of hydrogen-bond donors (Lipinski definition) is 2. The fourth-order valence-electron chi connectivity index (χ4n) is 2.60. The fourth-order valence-corrected chi connectivity index (χ4v) is 2.60. The summed E-state index contributed by atoms with van der Waals surface area (Å²) in [6.45, 7) is 7.69. The Labute approximate surface area is 176 Å². The minimum absolute atomic E-state index is 0.134. The molecule has 0 aliphatic rings. The number of methoxy groups -OCH3 is 1. The van der Waals surface area contributed by atoms with Crippen molar-refractivity contribution < 1.29 is 19.1 Å². The molecule has 158 valence electrons. The van der Waals surface area contributed by atoms with Crippen LogP contribution in [0.1, 0.15) is 29.8 Å². The molecule has 0 spiro atoms. The van der Waals surface area contributed by atoms with E-state index in [1.807, 2.05) is 32.0 Å². The summed E-state index contributed by atoms with van der Waals surface area (Å²) in [6.07, 6.45) is 3.15. The summed E-state index contributed by atoms with van der Waals surface area (Å²) in [5.41, 5.74) is 3.64. The predicted octanol–water partition coefficient (Wildman–Crippen LogP) is 3.16. The van der Waals surface area contributed by atoms with E-state index in [1.54, 1.807) is 43.5 Å². The van der Waals surface area contributed by atoms with Crippen LogP contribution in [-0.4, -0.2) is 37.8 Å². The first-order valence-electron chi connectivity index (χ1n) is 9.56. The highest BCUT2D eigenvalue weighted by atomic mass is 16.5. The number of carbonyl (C=O) groups excluding carboxylic acids is 2. The van der Waals surface area contributed by atoms with Gasteiger partial charge in [-0.1, -0.05) is 38.6 Å². The van der Waals surface area contributed by atoms with Crippen molar-refractivity contribution in [2.24, 2.45) is 11.0 Å². The Morgan fingerprint density at radius 2 is 1.83 bits per heavy atom. The maximum absolute atomic E-state index is 12.6. The first-order valence-corrected chi connectivity index (χ1v) is 9.56. The first kappa shape index (κ1) is 22.7. The van der Waals surface area contributed by atoms with Crippen LogP contribution >= 0.6 is 0 Å². The van der Waals surface area contributed by atoms with Gasteiger partial charge in [0, 0.05) is 11.1 Å². The Kier molecular flexibility index (Phi) is 8.62. The summed E-state index contributed by atoms with van der Waals surface area (Å²) in [5.74, 6) is 0.386. The second kappa shape index (κ2) is 11.4. The molecule has 0 aromatic heterocycles. The third kappa shape index (κ3) is 6.48. The summed E-state index contributed by atoms with van der Waals surface area (Å²) in [5, 5.41) is 6.77. The Hall–Kier alpha value is -3.61. The quantitative estimate of drug-likeness (QED) is 0.358. The summed E-state index contributed by atoms with van der Waals surface area (Å²) in [7, 11) is 1.55. The molecule has 7 nitrogen and oxygen atoms in total. The van der Waals surface area contributed by atoms with E-state index < -0.39 is 11.9 Å². The van der Waals surface area contributed by atoms with Crippen LogP contribution in [0, 0.1) is 5.92 Å². The third-order valence-corrected chi connectivity index (χ3v) is 4.24. The average Bonchev–Trinajstić information content (AvgIpc) is 2.76. The standard InChI is InChI=1S/C23H27N3O4/c1-5-14-30-20-9-7-6-8-18(20)15-24-26-23(28)21(16(2)3)25-22(27)17-10-12-19(29-4)13-11-17/h5-13,15-16,21H,1,14H2,2-4H3,(H,25,27)(H,26,28). The van der Waals surface area contributed by atoms with E-state index in [-0.39, 0.29) is 11.8 Å². The number of rotatable bonds is 10. The van der Waals surface area contributed by atoms with Crippen LogP contribution in [0.5, 0.6) is 11.5 Å². The fraction of sp³-hybridized carbons (Fsp3) is 0.261. The Bertz CT molecular complexity index is 892. The molecule has 30 heavy (non-hydrogen) atoms. The number of carbonyl (C=O) groups is 2. The van der Waals surface area contributed by atoms with Crippen molar-refractivity contribution in [2.45, 2.75) is 19.9 Å². The predicted molar refractivity (Wildman–Crippen MR) is 117 cm³/mol. The van der Waals surface area contributed by atoms with E-state index in [4.69, 9.17) is 9.47 Å². The van der Waals surface area contributed by atoms with Crippen molar-refractivity contribution in [3.8, 4) is 11.5 Å². The maximum atomic E-state index is 12.6. The molecule has 2 N–H and O–H groups in total. The lowest BCUT2D eigenvalue weighted by Gasteiger charge is -2.20. The molecule has 2 amide bonds. The van der Waals surface area contributed by atoms with E-state index in [0.717, 1.165) is 0 Å². The van der Waals surface area contributed by atoms with Gasteiger partial charge in [-0.3, -0.25) is 9.59 Å². The highest BCUT2D eigenvalue weighted by Crippen LogP contribution is 2.16. The average molecular weight is 409 g/mol. The van der Waals surface area contributed by atoms with Crippen molar-refractivity contribution in [1.29, 1.82) is 0 Å². The summed E-state index contributed by atoms with van der Waals surface area (Å²) in [4.78, 5) is 25.1. The molecule has 1 atom stereocenters. The van der Waals surface area contributed by atoms with Crippen molar-refractivity contribution in [3.63, 3.8) is 0 Å². The van der Waals surface area contributed by atoms with Gasteiger partial charge in [0.15, 0.2) is 0 Å². The zero-order valence-corrected chi connectivity index (χ0v) is 17.4. The smallest absolute Gasteiger partial charge is 0.262 e. The number of nitrogens with one attached hydrogen (secondary N) is 2. The summed E-state index contributed by atoms with van der Waals surface area (Å²) < 4.78 is 10.7. The van der Waals surface area contributed by atoms with Gasteiger partial charge in [-0.15, -0.1) is 0 Å². The van der Waals surface area contributed by atoms with Gasteiger partial charge in [-0.05, 0) is 42.3 Å². The van der Waals surface area contributed by atoms with Gasteiger partial charge in [-0.25, -0.2) is 5.43 Å². The van der Waals surface area contributed by atoms with Crippen LogP contribution < -0.4 is 20.2 Å². The third-order valence-electron chi connectivity index (χ3n) is 4.24. The van der Waals surface area contributed by atoms with Gasteiger partial charge in [0.2, 0.25) is 0 Å². The summed E-state index contributed by atoms with van der Waals surface area (Å²) in [6, 6.07) is 13.2. The lowest BCUT2D eigenvalue weighted by atomic mass is 10.0. The van der Waals surface area contributed by atoms with Gasteiger partial charge >= 0.3 is 0 Å². The molecule has 7 heteroatoms. The molecule has 0 fully saturated rings. The van der Waals surface area contributed by atoms with Crippen LogP contribution in [-0.2, 0) is 4.79 Å². The first-order chi connectivity index (χ1) is 14.5. The van der Waals surface area contributed by atoms with Crippen LogP contribution in [0.15, 0.2) is 66.3 Å². The highest BCUT2D eigenvalue weighted by molar-refractivity contribution is 5.97. The number of hydrogen-bond acceptors (Lipinski definition) is 5. The molecule has 0 saturated heterocycles. The lowest BCUT2D eigenvalue weighted by Crippen LogP contribution is -2.48. The van der Waals surface area contributed by atoms with Gasteiger partial charge in [0.05, 0.1) is 13.3 Å². The van der Waals surface area contributed by atoms with E-state index in [1.165, 1.54) is 6.21 Å². The topological polar surface area (TPSA) is 89.0 Å². The van der Waals surface area contributed by atoms with Crippen LogP contribution in [0.25, 0.3) is 0 Å². The molecule has 0 heterocycles. The molecule has 2 aromatic carbocycles. The zero-order valence-electron chi connectivity index (χ0n) is 17.4. The Morgan fingerprint density at radius 3 is 2.47 bits per heavy atom. The number of benzene rings is 2. The minimum Gasteiger partial charge on any atom is -0.497 e. The molecular formula is C23H27N3O4. The molecule has 0 radical (unpaired) electrons. The summed E-state index contributed by atoms with van der Waals surface area (Å²) >= 11 is 0. The number of para-hydroxylation sites is 1.